The van der Waals surface area contributed by atoms with Crippen molar-refractivity contribution in [3.05, 3.63) is 29.3 Å². The molecule has 1 fully saturated rings. The van der Waals surface area contributed by atoms with Crippen LogP contribution in [-0.4, -0.2) is 25.3 Å². The van der Waals surface area contributed by atoms with Crippen molar-refractivity contribution in [3.63, 3.8) is 0 Å². The number of nitrogens with two attached hydrogens (primary N) is 1. The lowest BCUT2D eigenvalue weighted by molar-refractivity contribution is -0.0149. The lowest BCUT2D eigenvalue weighted by Crippen LogP contribution is -2.29. The third-order valence-corrected chi connectivity index (χ3v) is 3.52. The highest BCUT2D eigenvalue weighted by molar-refractivity contribution is 5.90. The summed E-state index contributed by atoms with van der Waals surface area (Å²) in [6.07, 6.45) is 3.92. The predicted molar refractivity (Wildman–Crippen MR) is 74.1 cm³/mol. The van der Waals surface area contributed by atoms with E-state index in [0.29, 0.717) is 11.3 Å². The normalized spacial score (nSPS) is 23.1. The molecule has 0 aromatic heterocycles. The average molecular weight is 263 g/mol. The number of ether oxygens (including phenoxy) is 2. The fraction of sp³-hybridized carbons (Fsp3) is 0.533. The highest BCUT2D eigenvalue weighted by Crippen LogP contribution is 2.24. The molecule has 19 heavy (non-hydrogen) atoms. The highest BCUT2D eigenvalue weighted by atomic mass is 16.5. The van der Waals surface area contributed by atoms with Crippen LogP contribution in [-0.2, 0) is 9.47 Å². The van der Waals surface area contributed by atoms with Crippen molar-refractivity contribution in [3.8, 4) is 0 Å². The fourth-order valence-corrected chi connectivity index (χ4v) is 2.57. The summed E-state index contributed by atoms with van der Waals surface area (Å²) < 4.78 is 10.9. The van der Waals surface area contributed by atoms with Crippen LogP contribution >= 0.6 is 0 Å². The first-order valence-electron chi connectivity index (χ1n) is 6.69. The molecule has 104 valence electrons. The van der Waals surface area contributed by atoms with Crippen molar-refractivity contribution in [2.24, 2.45) is 0 Å². The van der Waals surface area contributed by atoms with Crippen LogP contribution in [0.2, 0.25) is 0 Å². The Labute approximate surface area is 113 Å². The molecule has 2 unspecified atom stereocenters. The molecular weight excluding hydrogens is 242 g/mol. The first-order chi connectivity index (χ1) is 9.08. The Morgan fingerprint density at radius 3 is 2.68 bits per heavy atom. The van der Waals surface area contributed by atoms with Gasteiger partial charge in [-0.25, -0.2) is 4.79 Å². The fourth-order valence-electron chi connectivity index (χ4n) is 2.57. The zero-order chi connectivity index (χ0) is 13.8. The molecule has 2 rings (SSSR count). The first kappa shape index (κ1) is 13.9. The van der Waals surface area contributed by atoms with Gasteiger partial charge in [0.15, 0.2) is 0 Å². The van der Waals surface area contributed by atoms with E-state index in [0.717, 1.165) is 31.2 Å². The maximum atomic E-state index is 12.1. The number of rotatable bonds is 3. The van der Waals surface area contributed by atoms with Gasteiger partial charge in [-0.1, -0.05) is 0 Å². The van der Waals surface area contributed by atoms with Crippen LogP contribution in [0.25, 0.3) is 0 Å². The maximum absolute atomic E-state index is 12.1. The molecule has 0 bridgehead atoms. The minimum absolute atomic E-state index is 0.0482. The Bertz CT molecular complexity index is 438. The van der Waals surface area contributed by atoms with E-state index in [1.807, 2.05) is 13.0 Å². The molecule has 0 heterocycles. The van der Waals surface area contributed by atoms with Crippen molar-refractivity contribution < 1.29 is 14.3 Å². The Hall–Kier alpha value is -1.55. The molecule has 0 aliphatic heterocycles. The monoisotopic (exact) mass is 263 g/mol. The second kappa shape index (κ2) is 6.06. The number of nitrogen functional groups attached to an aromatic ring is 1. The highest BCUT2D eigenvalue weighted by Gasteiger charge is 2.25. The third kappa shape index (κ3) is 3.70. The van der Waals surface area contributed by atoms with Crippen LogP contribution in [0, 0.1) is 6.92 Å². The molecule has 2 atom stereocenters. The summed E-state index contributed by atoms with van der Waals surface area (Å²) in [4.78, 5) is 12.1. The van der Waals surface area contributed by atoms with Gasteiger partial charge in [-0.3, -0.25) is 0 Å². The zero-order valence-electron chi connectivity index (χ0n) is 11.5. The number of hydrogen-bond acceptors (Lipinski definition) is 4. The molecule has 1 saturated carbocycles. The second-order valence-electron chi connectivity index (χ2n) is 5.18. The molecule has 1 aromatic rings. The molecule has 2 N–H and O–H groups in total. The molecule has 1 aliphatic carbocycles. The molecule has 0 amide bonds. The summed E-state index contributed by atoms with van der Waals surface area (Å²) in [7, 11) is 1.70. The van der Waals surface area contributed by atoms with Gasteiger partial charge < -0.3 is 15.2 Å². The minimum atomic E-state index is -0.294. The predicted octanol–water partition coefficient (Wildman–Crippen LogP) is 2.69. The zero-order valence-corrected chi connectivity index (χ0v) is 11.5. The molecular formula is C15H21NO3. The summed E-state index contributed by atoms with van der Waals surface area (Å²) in [5, 5.41) is 0. The van der Waals surface area contributed by atoms with Crippen LogP contribution < -0.4 is 5.73 Å². The third-order valence-electron chi connectivity index (χ3n) is 3.52. The van der Waals surface area contributed by atoms with E-state index in [-0.39, 0.29) is 18.2 Å². The number of carbonyl (C=O) groups is 1. The lowest BCUT2D eigenvalue weighted by atomic mass is 9.95. The van der Waals surface area contributed by atoms with E-state index in [1.165, 1.54) is 0 Å². The van der Waals surface area contributed by atoms with Gasteiger partial charge in [0.25, 0.3) is 0 Å². The smallest absolute Gasteiger partial charge is 0.338 e. The van der Waals surface area contributed by atoms with Crippen molar-refractivity contribution in [1.29, 1.82) is 0 Å². The molecule has 0 saturated heterocycles. The summed E-state index contributed by atoms with van der Waals surface area (Å²) in [6, 6.07) is 5.29. The summed E-state index contributed by atoms with van der Waals surface area (Å²) in [6.45, 7) is 1.91. The minimum Gasteiger partial charge on any atom is -0.459 e. The van der Waals surface area contributed by atoms with Gasteiger partial charge in [-0.15, -0.1) is 0 Å². The van der Waals surface area contributed by atoms with Gasteiger partial charge in [0.2, 0.25) is 0 Å². The number of esters is 1. The Morgan fingerprint density at radius 2 is 2.00 bits per heavy atom. The number of benzene rings is 1. The van der Waals surface area contributed by atoms with E-state index < -0.39 is 0 Å². The SMILES string of the molecule is COC1CCCC(OC(=O)c2cc(C)cc(N)c2)C1. The van der Waals surface area contributed by atoms with Gasteiger partial charge >= 0.3 is 5.97 Å². The lowest BCUT2D eigenvalue weighted by Gasteiger charge is -2.27. The molecule has 0 spiro atoms. The van der Waals surface area contributed by atoms with Crippen LogP contribution in [0.5, 0.6) is 0 Å². The van der Waals surface area contributed by atoms with Crippen molar-refractivity contribution in [1.82, 2.24) is 0 Å². The van der Waals surface area contributed by atoms with E-state index in [4.69, 9.17) is 15.2 Å². The van der Waals surface area contributed by atoms with Gasteiger partial charge in [0, 0.05) is 19.2 Å². The van der Waals surface area contributed by atoms with E-state index in [1.54, 1.807) is 19.2 Å². The quantitative estimate of drug-likeness (QED) is 0.672. The van der Waals surface area contributed by atoms with Crippen LogP contribution in [0.3, 0.4) is 0 Å². The molecule has 1 aliphatic rings. The molecule has 1 aromatic carbocycles. The summed E-state index contributed by atoms with van der Waals surface area (Å²) in [5.74, 6) is -0.294. The van der Waals surface area contributed by atoms with Gasteiger partial charge in [0.05, 0.1) is 11.7 Å². The number of aryl methyl sites for hydroxylation is 1. The number of hydrogen-bond donors (Lipinski definition) is 1. The summed E-state index contributed by atoms with van der Waals surface area (Å²) >= 11 is 0. The maximum Gasteiger partial charge on any atom is 0.338 e. The number of carbonyl (C=O) groups excluding carboxylic acids is 1. The molecule has 4 nitrogen and oxygen atoms in total. The van der Waals surface area contributed by atoms with Crippen LogP contribution in [0.15, 0.2) is 18.2 Å². The van der Waals surface area contributed by atoms with Gasteiger partial charge in [-0.05, 0) is 49.9 Å². The second-order valence-corrected chi connectivity index (χ2v) is 5.18. The summed E-state index contributed by atoms with van der Waals surface area (Å²) in [5.41, 5.74) is 7.82. The van der Waals surface area contributed by atoms with E-state index in [9.17, 15) is 4.79 Å². The van der Waals surface area contributed by atoms with Crippen molar-refractivity contribution in [2.75, 3.05) is 12.8 Å². The van der Waals surface area contributed by atoms with Crippen molar-refractivity contribution >= 4 is 11.7 Å². The number of methoxy groups -OCH3 is 1. The molecule has 0 radical (unpaired) electrons. The van der Waals surface area contributed by atoms with Crippen molar-refractivity contribution in [2.45, 2.75) is 44.8 Å². The largest absolute Gasteiger partial charge is 0.459 e. The topological polar surface area (TPSA) is 61.5 Å². The first-order valence-corrected chi connectivity index (χ1v) is 6.69. The molecule has 4 heteroatoms. The van der Waals surface area contributed by atoms with Crippen LogP contribution in [0.4, 0.5) is 5.69 Å². The Balaban J connectivity index is 2.00. The van der Waals surface area contributed by atoms with Gasteiger partial charge in [0.1, 0.15) is 6.10 Å². The average Bonchev–Trinajstić information content (AvgIpc) is 2.37. The number of anilines is 1. The standard InChI is InChI=1S/C15H21NO3/c1-10-6-11(8-12(16)7-10)15(17)19-14-5-3-4-13(9-14)18-2/h6-8,13-14H,3-5,9,16H2,1-2H3. The van der Waals surface area contributed by atoms with E-state index >= 15 is 0 Å². The van der Waals surface area contributed by atoms with Gasteiger partial charge in [-0.2, -0.15) is 0 Å². The Morgan fingerprint density at radius 1 is 1.26 bits per heavy atom. The Kier molecular flexibility index (Phi) is 4.43. The van der Waals surface area contributed by atoms with E-state index in [2.05, 4.69) is 0 Å². The van der Waals surface area contributed by atoms with Crippen LogP contribution in [0.1, 0.15) is 41.6 Å².